The van der Waals surface area contributed by atoms with Gasteiger partial charge in [0.05, 0.1) is 5.58 Å². The summed E-state index contributed by atoms with van der Waals surface area (Å²) in [5.41, 5.74) is 9.99. The van der Waals surface area contributed by atoms with E-state index in [1.54, 1.807) is 12.1 Å². The first kappa shape index (κ1) is 30.5. The Hall–Kier alpha value is -4.61. The number of furan rings is 1. The van der Waals surface area contributed by atoms with E-state index in [1.807, 2.05) is 54.9 Å². The van der Waals surface area contributed by atoms with Crippen molar-refractivity contribution in [3.05, 3.63) is 164 Å². The van der Waals surface area contributed by atoms with Crippen molar-refractivity contribution in [1.29, 1.82) is 0 Å². The topological polar surface area (TPSA) is 38.9 Å². The van der Waals surface area contributed by atoms with E-state index in [1.165, 1.54) is 16.0 Å². The molecule has 0 amide bonds. The van der Waals surface area contributed by atoms with Gasteiger partial charge < -0.3 is 9.40 Å². The third-order valence-electron chi connectivity index (χ3n) is 8.38. The number of aryl methyl sites for hydroxylation is 1. The predicted octanol–water partition coefficient (Wildman–Crippen LogP) is 11.2. The Bertz CT molecular complexity index is 2370. The molecule has 0 fully saturated rings. The first-order valence-electron chi connectivity index (χ1n) is 17.5. The van der Waals surface area contributed by atoms with Gasteiger partial charge in [0.15, 0.2) is 0 Å². The molecule has 1 radical (unpaired) electrons. The summed E-state index contributed by atoms with van der Waals surface area (Å²) in [6.45, 7) is -2.08. The summed E-state index contributed by atoms with van der Waals surface area (Å²) < 4.78 is 29.8. The van der Waals surface area contributed by atoms with E-state index in [9.17, 15) is 0 Å². The Morgan fingerprint density at radius 2 is 1.39 bits per heavy atom. The second-order valence-corrected chi connectivity index (χ2v) is 23.4. The SMILES string of the molecule is [2H]C([2H])([2H])c1c[c-]c(-c2cc[c]([Ge]([CH3])([CH3])[CH3])cn2)cc1.[Ir].[c-]1ccc2c(oc3cc(-c4ccccc4)ccc32)c1-c1cc(-c2ccccc2)ccn1. The number of hydrogen-bond acceptors (Lipinski definition) is 3. The summed E-state index contributed by atoms with van der Waals surface area (Å²) in [6, 6.07) is 50.7. The van der Waals surface area contributed by atoms with Crippen LogP contribution in [0.2, 0.25) is 17.3 Å². The molecule has 0 saturated heterocycles. The number of rotatable bonds is 5. The number of benzene rings is 5. The summed E-state index contributed by atoms with van der Waals surface area (Å²) in [4.78, 5) is 9.11. The fraction of sp³-hybridized carbons (Fsp3) is 0.0909. The van der Waals surface area contributed by atoms with Crippen LogP contribution in [0.25, 0.3) is 66.7 Å². The van der Waals surface area contributed by atoms with E-state index in [2.05, 4.69) is 112 Å². The van der Waals surface area contributed by atoms with Crippen molar-refractivity contribution >= 4 is 39.6 Å². The molecule has 8 aromatic rings. The van der Waals surface area contributed by atoms with Crippen LogP contribution in [0, 0.1) is 19.0 Å². The maximum absolute atomic E-state index is 7.35. The molecule has 0 N–H and O–H groups in total. The molecular weight excluding hydrogens is 837 g/mol. The second-order valence-electron chi connectivity index (χ2n) is 12.7. The zero-order valence-corrected chi connectivity index (χ0v) is 32.0. The molecule has 3 aromatic heterocycles. The Kier molecular flexibility index (Phi) is 9.25. The Morgan fingerprint density at radius 1 is 0.653 bits per heavy atom. The van der Waals surface area contributed by atoms with Gasteiger partial charge in [0.25, 0.3) is 0 Å². The molecule has 3 heterocycles. The molecule has 0 spiro atoms. The maximum atomic E-state index is 7.35. The number of fused-ring (bicyclic) bond motifs is 3. The zero-order chi connectivity index (χ0) is 35.6. The number of hydrogen-bond donors (Lipinski definition) is 0. The van der Waals surface area contributed by atoms with Crippen molar-refractivity contribution in [1.82, 2.24) is 9.97 Å². The van der Waals surface area contributed by atoms with E-state index in [4.69, 9.17) is 8.53 Å². The Labute approximate surface area is 309 Å². The molecular formula is C44H36GeIrN2O-2. The van der Waals surface area contributed by atoms with Crippen molar-refractivity contribution in [2.45, 2.75) is 24.1 Å². The largest absolute Gasteiger partial charge is 0.501 e. The van der Waals surface area contributed by atoms with E-state index < -0.39 is 20.1 Å². The van der Waals surface area contributed by atoms with E-state index in [0.29, 0.717) is 5.56 Å². The van der Waals surface area contributed by atoms with Gasteiger partial charge in [0.2, 0.25) is 0 Å². The number of pyridine rings is 2. The van der Waals surface area contributed by atoms with Crippen molar-refractivity contribution < 1.29 is 28.6 Å². The molecule has 49 heavy (non-hydrogen) atoms. The third kappa shape index (κ3) is 7.68. The van der Waals surface area contributed by atoms with Gasteiger partial charge in [-0.25, -0.2) is 0 Å². The van der Waals surface area contributed by atoms with E-state index >= 15 is 0 Å². The summed E-state index contributed by atoms with van der Waals surface area (Å²) >= 11 is -1.83. The molecule has 243 valence electrons. The van der Waals surface area contributed by atoms with Crippen LogP contribution < -0.4 is 4.40 Å². The monoisotopic (exact) mass is 878 g/mol. The quantitative estimate of drug-likeness (QED) is 0.128. The summed E-state index contributed by atoms with van der Waals surface area (Å²) in [5, 5.41) is 2.18. The van der Waals surface area contributed by atoms with Crippen molar-refractivity contribution in [2.75, 3.05) is 0 Å². The minimum absolute atomic E-state index is 0. The fourth-order valence-electron chi connectivity index (χ4n) is 5.70. The van der Waals surface area contributed by atoms with Gasteiger partial charge >= 0.3 is 110 Å². The zero-order valence-electron chi connectivity index (χ0n) is 30.5. The molecule has 0 unspecified atom stereocenters. The summed E-state index contributed by atoms with van der Waals surface area (Å²) in [5.74, 6) is 6.98. The van der Waals surface area contributed by atoms with Crippen LogP contribution in [0.3, 0.4) is 0 Å². The smallest absolute Gasteiger partial charge is 0.121 e. The molecule has 3 nitrogen and oxygen atoms in total. The average Bonchev–Trinajstić information content (AvgIpc) is 3.53. The van der Waals surface area contributed by atoms with Gasteiger partial charge in [0, 0.05) is 31.7 Å². The number of nitrogens with zero attached hydrogens (tertiary/aromatic N) is 2. The Morgan fingerprint density at radius 3 is 2.02 bits per heavy atom. The summed E-state index contributed by atoms with van der Waals surface area (Å²) in [7, 11) is 0. The van der Waals surface area contributed by atoms with Crippen LogP contribution in [-0.2, 0) is 20.1 Å². The van der Waals surface area contributed by atoms with Crippen LogP contribution in [0.15, 0.2) is 150 Å². The Balaban J connectivity index is 0.000000193. The van der Waals surface area contributed by atoms with Crippen LogP contribution in [0.1, 0.15) is 9.68 Å². The van der Waals surface area contributed by atoms with E-state index in [-0.39, 0.29) is 20.1 Å². The maximum Gasteiger partial charge on any atom is 0.121 e. The predicted molar refractivity (Wildman–Crippen MR) is 203 cm³/mol. The minimum Gasteiger partial charge on any atom is -0.501 e. The molecule has 0 aliphatic heterocycles. The molecule has 0 aliphatic rings. The van der Waals surface area contributed by atoms with E-state index in [0.717, 1.165) is 61.1 Å². The molecule has 5 heteroatoms. The summed E-state index contributed by atoms with van der Waals surface area (Å²) in [6.07, 6.45) is 3.79. The molecule has 0 atom stereocenters. The minimum atomic E-state index is -2.08. The van der Waals surface area contributed by atoms with Gasteiger partial charge in [-0.2, -0.15) is 0 Å². The average molecular weight is 877 g/mol. The van der Waals surface area contributed by atoms with Gasteiger partial charge in [-0.05, 0) is 40.1 Å². The van der Waals surface area contributed by atoms with Gasteiger partial charge in [-0.3, -0.25) is 0 Å². The first-order valence-corrected chi connectivity index (χ1v) is 23.3. The fourth-order valence-corrected chi connectivity index (χ4v) is 7.87. The van der Waals surface area contributed by atoms with Crippen LogP contribution >= 0.6 is 0 Å². The second kappa shape index (κ2) is 14.9. The third-order valence-corrected chi connectivity index (χ3v) is 12.6. The van der Waals surface area contributed by atoms with Crippen molar-refractivity contribution in [3.63, 3.8) is 0 Å². The number of aromatic nitrogens is 2. The van der Waals surface area contributed by atoms with Crippen LogP contribution in [0.5, 0.6) is 0 Å². The molecule has 5 aromatic carbocycles. The van der Waals surface area contributed by atoms with Gasteiger partial charge in [-0.15, -0.1) is 18.2 Å². The van der Waals surface area contributed by atoms with Crippen molar-refractivity contribution in [2.24, 2.45) is 0 Å². The normalized spacial score (nSPS) is 12.3. The van der Waals surface area contributed by atoms with Crippen LogP contribution in [0.4, 0.5) is 0 Å². The first-order chi connectivity index (χ1) is 24.5. The standard InChI is InChI=1S/C29H18NO.C15H18GeN.Ir/c1-3-8-20(9-4-1)22-14-15-24-25-12-7-13-26(29(25)31-28(24)19-22)27-18-23(16-17-30-27)21-10-5-2-6-11-21;1-12-5-7-13(8-6-12)15-10-9-14(11-17-15)16(2,3)4;/h1-12,14-19H;5-7,9-11H,1-4H3;/q2*-1;/i;1D3;. The molecule has 0 saturated carbocycles. The molecule has 0 aliphatic carbocycles. The molecule has 8 rings (SSSR count). The molecule has 0 bridgehead atoms. The van der Waals surface area contributed by atoms with Crippen LogP contribution in [-0.4, -0.2) is 23.2 Å². The van der Waals surface area contributed by atoms with Gasteiger partial charge in [-0.1, -0.05) is 89.8 Å². The van der Waals surface area contributed by atoms with Crippen molar-refractivity contribution in [3.8, 4) is 44.8 Å². The van der Waals surface area contributed by atoms with Gasteiger partial charge in [0.1, 0.15) is 5.58 Å².